The van der Waals surface area contributed by atoms with Crippen LogP contribution in [0.3, 0.4) is 0 Å². The normalized spacial score (nSPS) is 23.8. The number of anilines is 3. The van der Waals surface area contributed by atoms with Gasteiger partial charge in [-0.15, -0.1) is 0 Å². The Morgan fingerprint density at radius 2 is 1.55 bits per heavy atom. The third kappa shape index (κ3) is 3.46. The molecule has 7 heteroatoms. The number of hydrogen-bond acceptors (Lipinski definition) is 4. The van der Waals surface area contributed by atoms with Crippen LogP contribution in [0.25, 0.3) is 6.08 Å². The van der Waals surface area contributed by atoms with E-state index in [0.717, 1.165) is 11.3 Å². The average Bonchev–Trinajstić information content (AvgIpc) is 3.46. The van der Waals surface area contributed by atoms with E-state index in [1.54, 1.807) is 36.4 Å². The van der Waals surface area contributed by atoms with Gasteiger partial charge in [0.2, 0.25) is 11.8 Å². The number of carbonyl (C=O) groups excluding carboxylic acids is 3. The maximum Gasteiger partial charge on any atom is 0.247 e. The number of carbonyl (C=O) groups is 3. The summed E-state index contributed by atoms with van der Waals surface area (Å²) in [7, 11) is 0. The van der Waals surface area contributed by atoms with Crippen molar-refractivity contribution < 1.29 is 14.4 Å². The third-order valence-corrected chi connectivity index (χ3v) is 8.52. The number of halogens is 1. The van der Waals surface area contributed by atoms with E-state index >= 15 is 0 Å². The molecule has 0 bridgehead atoms. The molecule has 6 nitrogen and oxygen atoms in total. The number of nitrogens with one attached hydrogen (secondary N) is 2. The van der Waals surface area contributed by atoms with Crippen LogP contribution in [0, 0.1) is 5.92 Å². The van der Waals surface area contributed by atoms with Crippen LogP contribution in [0.5, 0.6) is 0 Å². The van der Waals surface area contributed by atoms with E-state index in [-0.39, 0.29) is 17.6 Å². The highest BCUT2D eigenvalue weighted by atomic mass is 35.5. The molecular formula is C33H24ClN3O3. The molecule has 196 valence electrons. The first-order chi connectivity index (χ1) is 19.5. The van der Waals surface area contributed by atoms with Crippen molar-refractivity contribution in [3.8, 4) is 0 Å². The quantitative estimate of drug-likeness (QED) is 0.311. The van der Waals surface area contributed by atoms with Gasteiger partial charge in [0.05, 0.1) is 12.0 Å². The summed E-state index contributed by atoms with van der Waals surface area (Å²) in [5.74, 6) is -1.99. The van der Waals surface area contributed by atoms with Gasteiger partial charge in [0.25, 0.3) is 0 Å². The van der Waals surface area contributed by atoms with Gasteiger partial charge in [-0.2, -0.15) is 0 Å². The molecule has 2 N–H and O–H groups in total. The summed E-state index contributed by atoms with van der Waals surface area (Å²) in [4.78, 5) is 45.2. The largest absolute Gasteiger partial charge is 0.350 e. The zero-order valence-corrected chi connectivity index (χ0v) is 22.0. The molecule has 1 fully saturated rings. The fraction of sp³-hybridized carbons (Fsp3) is 0.121. The summed E-state index contributed by atoms with van der Waals surface area (Å²) in [5, 5.41) is 6.56. The second kappa shape index (κ2) is 9.21. The fourth-order valence-electron chi connectivity index (χ4n) is 6.65. The van der Waals surface area contributed by atoms with E-state index in [1.165, 1.54) is 0 Å². The highest BCUT2D eigenvalue weighted by Gasteiger charge is 2.70. The van der Waals surface area contributed by atoms with Gasteiger partial charge in [0.15, 0.2) is 5.78 Å². The van der Waals surface area contributed by atoms with E-state index < -0.39 is 23.4 Å². The maximum absolute atomic E-state index is 14.6. The summed E-state index contributed by atoms with van der Waals surface area (Å²) in [5.41, 5.74) is 2.72. The highest BCUT2D eigenvalue weighted by Crippen LogP contribution is 2.57. The standard InChI is InChI=1S/C33H24ClN3O3/c34-22-17-14-21(15-18-22)30(38)28-29(31(39)35-23-9-2-1-3-10-23)37-26-13-7-4-8-20(26)16-19-27(37)33(28)24-11-5-6-12-25(24)36-32(33)40/h1-19,27-29H,(H,35,39)(H,36,40)/t27-,28-,29+,33+/m1/s1. The van der Waals surface area contributed by atoms with Gasteiger partial charge in [-0.05, 0) is 59.7 Å². The van der Waals surface area contributed by atoms with Crippen molar-refractivity contribution in [2.75, 3.05) is 15.5 Å². The van der Waals surface area contributed by atoms with Crippen molar-refractivity contribution in [2.45, 2.75) is 17.5 Å². The van der Waals surface area contributed by atoms with Crippen LogP contribution in [-0.4, -0.2) is 29.7 Å². The lowest BCUT2D eigenvalue weighted by atomic mass is 9.64. The van der Waals surface area contributed by atoms with E-state index in [1.807, 2.05) is 83.8 Å². The van der Waals surface area contributed by atoms with Gasteiger partial charge in [-0.3, -0.25) is 14.4 Å². The number of amides is 2. The van der Waals surface area contributed by atoms with E-state index in [0.29, 0.717) is 27.5 Å². The van der Waals surface area contributed by atoms with Crippen molar-refractivity contribution in [1.29, 1.82) is 0 Å². The third-order valence-electron chi connectivity index (χ3n) is 8.26. The minimum atomic E-state index is -1.35. The summed E-state index contributed by atoms with van der Waals surface area (Å²) in [6.07, 6.45) is 3.94. The van der Waals surface area contributed by atoms with Crippen LogP contribution in [0.2, 0.25) is 5.02 Å². The number of Topliss-reactive ketones (excluding diaryl/α,β-unsaturated/α-hetero) is 1. The van der Waals surface area contributed by atoms with E-state index in [2.05, 4.69) is 10.6 Å². The molecule has 0 unspecified atom stereocenters. The molecule has 0 radical (unpaired) electrons. The van der Waals surface area contributed by atoms with Crippen LogP contribution in [0.4, 0.5) is 17.1 Å². The summed E-state index contributed by atoms with van der Waals surface area (Å²) >= 11 is 6.15. The Hall–Kier alpha value is -4.68. The van der Waals surface area contributed by atoms with Gasteiger partial charge in [0, 0.05) is 27.6 Å². The van der Waals surface area contributed by atoms with Crippen molar-refractivity contribution in [3.05, 3.63) is 131 Å². The summed E-state index contributed by atoms with van der Waals surface area (Å²) in [6, 6.07) is 29.4. The van der Waals surface area contributed by atoms with E-state index in [4.69, 9.17) is 11.6 Å². The van der Waals surface area contributed by atoms with Crippen molar-refractivity contribution in [1.82, 2.24) is 0 Å². The minimum absolute atomic E-state index is 0.294. The van der Waals surface area contributed by atoms with Gasteiger partial charge in [-0.25, -0.2) is 0 Å². The highest BCUT2D eigenvalue weighted by molar-refractivity contribution is 6.30. The number of rotatable bonds is 4. The Labute approximate surface area is 236 Å². The Balaban J connectivity index is 1.49. The Morgan fingerprint density at radius 1 is 0.850 bits per heavy atom. The molecule has 3 heterocycles. The molecule has 2 amide bonds. The Kier molecular flexibility index (Phi) is 5.61. The Morgan fingerprint density at radius 3 is 2.35 bits per heavy atom. The van der Waals surface area contributed by atoms with Gasteiger partial charge in [-0.1, -0.05) is 78.4 Å². The van der Waals surface area contributed by atoms with Crippen LogP contribution < -0.4 is 15.5 Å². The number of benzene rings is 4. The van der Waals surface area contributed by atoms with Gasteiger partial charge >= 0.3 is 0 Å². The van der Waals surface area contributed by atoms with Gasteiger partial charge in [0.1, 0.15) is 11.5 Å². The molecule has 0 aromatic heterocycles. The summed E-state index contributed by atoms with van der Waals surface area (Å²) in [6.45, 7) is 0. The lowest BCUT2D eigenvalue weighted by Gasteiger charge is -2.37. The zero-order chi connectivity index (χ0) is 27.4. The first-order valence-electron chi connectivity index (χ1n) is 13.1. The molecule has 0 aliphatic carbocycles. The predicted octanol–water partition coefficient (Wildman–Crippen LogP) is 5.95. The van der Waals surface area contributed by atoms with Crippen molar-refractivity contribution in [3.63, 3.8) is 0 Å². The molecule has 7 rings (SSSR count). The first kappa shape index (κ1) is 24.4. The molecule has 0 saturated carbocycles. The van der Waals surface area contributed by atoms with Gasteiger partial charge < -0.3 is 15.5 Å². The smallest absolute Gasteiger partial charge is 0.247 e. The second-order valence-corrected chi connectivity index (χ2v) is 10.7. The lowest BCUT2D eigenvalue weighted by molar-refractivity contribution is -0.122. The molecule has 3 aliphatic heterocycles. The molecule has 40 heavy (non-hydrogen) atoms. The molecular weight excluding hydrogens is 522 g/mol. The fourth-order valence-corrected chi connectivity index (χ4v) is 6.78. The number of hydrogen-bond donors (Lipinski definition) is 2. The SMILES string of the molecule is O=C(Nc1ccccc1)[C@@H]1[C@H](C(=O)c2ccc(Cl)cc2)[C@@]2(C(=O)Nc3ccccc32)[C@H]2C=Cc3ccccc3N12. The second-order valence-electron chi connectivity index (χ2n) is 10.3. The monoisotopic (exact) mass is 545 g/mol. The Bertz CT molecular complexity index is 1700. The summed E-state index contributed by atoms with van der Waals surface area (Å²) < 4.78 is 0. The molecule has 4 atom stereocenters. The number of nitrogens with zero attached hydrogens (tertiary/aromatic N) is 1. The number of fused-ring (bicyclic) bond motifs is 6. The molecule has 1 spiro atoms. The molecule has 3 aliphatic rings. The van der Waals surface area contributed by atoms with Crippen LogP contribution >= 0.6 is 11.6 Å². The van der Waals surface area contributed by atoms with Crippen molar-refractivity contribution in [2.24, 2.45) is 5.92 Å². The van der Waals surface area contributed by atoms with Crippen LogP contribution in [0.1, 0.15) is 21.5 Å². The predicted molar refractivity (Wildman–Crippen MR) is 157 cm³/mol. The topological polar surface area (TPSA) is 78.5 Å². The average molecular weight is 546 g/mol. The molecule has 4 aromatic carbocycles. The minimum Gasteiger partial charge on any atom is -0.350 e. The molecule has 4 aromatic rings. The van der Waals surface area contributed by atoms with Crippen LogP contribution in [-0.2, 0) is 15.0 Å². The first-order valence-corrected chi connectivity index (χ1v) is 13.5. The van der Waals surface area contributed by atoms with Crippen molar-refractivity contribution >= 4 is 52.3 Å². The number of para-hydroxylation sites is 3. The maximum atomic E-state index is 14.6. The van der Waals surface area contributed by atoms with E-state index in [9.17, 15) is 14.4 Å². The molecule has 1 saturated heterocycles. The number of ketones is 1. The zero-order valence-electron chi connectivity index (χ0n) is 21.3. The lowest BCUT2D eigenvalue weighted by Crippen LogP contribution is -2.51. The van der Waals surface area contributed by atoms with Crippen LogP contribution in [0.15, 0.2) is 109 Å².